The van der Waals surface area contributed by atoms with Gasteiger partial charge in [0.05, 0.1) is 18.0 Å². The maximum atomic E-state index is 14.5. The zero-order chi connectivity index (χ0) is 27.2. The first kappa shape index (κ1) is 25.7. The molecule has 2 atom stereocenters. The van der Waals surface area contributed by atoms with Crippen LogP contribution >= 0.6 is 0 Å². The number of rotatable bonds is 5. The van der Waals surface area contributed by atoms with Gasteiger partial charge in [-0.25, -0.2) is 19.2 Å². The van der Waals surface area contributed by atoms with E-state index in [4.69, 9.17) is 9.47 Å². The number of fused-ring (bicyclic) bond motifs is 2. The van der Waals surface area contributed by atoms with E-state index in [1.807, 2.05) is 20.8 Å². The largest absolute Gasteiger partial charge is 0.477 e. The van der Waals surface area contributed by atoms with E-state index in [2.05, 4.69) is 25.2 Å². The molecule has 0 aliphatic carbocycles. The van der Waals surface area contributed by atoms with Crippen molar-refractivity contribution in [1.29, 1.82) is 0 Å². The van der Waals surface area contributed by atoms with Crippen molar-refractivity contribution < 1.29 is 23.5 Å². The highest BCUT2D eigenvalue weighted by molar-refractivity contribution is 6.05. The van der Waals surface area contributed by atoms with Crippen LogP contribution < -0.4 is 15.0 Å². The molecule has 3 aromatic heterocycles. The first-order valence-electron chi connectivity index (χ1n) is 12.7. The highest BCUT2D eigenvalue weighted by atomic mass is 19.1. The Labute approximate surface area is 220 Å². The molecular weight excluding hydrogens is 493 g/mol. The van der Waals surface area contributed by atoms with Crippen LogP contribution in [0.1, 0.15) is 43.7 Å². The third-order valence-electron chi connectivity index (χ3n) is 6.57. The summed E-state index contributed by atoms with van der Waals surface area (Å²) in [5.41, 5.74) is 0.739. The van der Waals surface area contributed by atoms with Gasteiger partial charge in [-0.15, -0.1) is 0 Å². The fraction of sp³-hybridized carbons (Fsp3) is 0.500. The molecule has 2 aliphatic heterocycles. The van der Waals surface area contributed by atoms with E-state index in [0.717, 1.165) is 0 Å². The number of likely N-dealkylation sites (tertiary alicyclic amines) is 1. The van der Waals surface area contributed by atoms with E-state index in [1.54, 1.807) is 31.1 Å². The number of ether oxygens (including phenoxy) is 2. The van der Waals surface area contributed by atoms with Crippen molar-refractivity contribution in [3.05, 3.63) is 41.7 Å². The molecule has 11 nitrogen and oxygen atoms in total. The topological polar surface area (TPSA) is 114 Å². The Kier molecular flexibility index (Phi) is 6.58. The SMILES string of the molecule is CCOc1nc(N2CC3CN(C(=O)OC(C)(C)C)CC3C2)ncc1C(=O)Nc1cc(F)c2nc(C)cn2c1. The zero-order valence-electron chi connectivity index (χ0n) is 22.2. The minimum atomic E-state index is -0.544. The second kappa shape index (κ2) is 9.73. The molecule has 0 spiro atoms. The Morgan fingerprint density at radius 3 is 2.50 bits per heavy atom. The standard InChI is InChI=1S/C26H32FN7O4/c1-6-37-23-19(22(35)30-18-7-20(27)21-29-15(2)9-32(21)14-18)8-28-24(31-23)33-10-16-12-34(13-17(16)11-33)25(36)38-26(3,4)5/h7-9,14,16-17H,6,10-13H2,1-5H3,(H,30,35). The Morgan fingerprint density at radius 2 is 1.84 bits per heavy atom. The second-order valence-corrected chi connectivity index (χ2v) is 10.8. The van der Waals surface area contributed by atoms with Gasteiger partial charge in [0.2, 0.25) is 11.8 Å². The van der Waals surface area contributed by atoms with Gasteiger partial charge in [0.1, 0.15) is 11.2 Å². The smallest absolute Gasteiger partial charge is 0.410 e. The third kappa shape index (κ3) is 5.20. The molecule has 2 amide bonds. The summed E-state index contributed by atoms with van der Waals surface area (Å²) in [6, 6.07) is 1.22. The second-order valence-electron chi connectivity index (χ2n) is 10.8. The summed E-state index contributed by atoms with van der Waals surface area (Å²) < 4.78 is 27.2. The lowest BCUT2D eigenvalue weighted by Crippen LogP contribution is -2.37. The molecule has 2 saturated heterocycles. The van der Waals surface area contributed by atoms with Crippen LogP contribution in [0.3, 0.4) is 0 Å². The molecular formula is C26H32FN7O4. The van der Waals surface area contributed by atoms with Gasteiger partial charge in [0.15, 0.2) is 11.5 Å². The maximum absolute atomic E-state index is 14.5. The predicted molar refractivity (Wildman–Crippen MR) is 138 cm³/mol. The highest BCUT2D eigenvalue weighted by Crippen LogP contribution is 2.34. The number of hydrogen-bond donors (Lipinski definition) is 1. The Morgan fingerprint density at radius 1 is 1.13 bits per heavy atom. The minimum absolute atomic E-state index is 0.147. The van der Waals surface area contributed by atoms with Crippen molar-refractivity contribution >= 4 is 29.3 Å². The summed E-state index contributed by atoms with van der Waals surface area (Å²) >= 11 is 0. The fourth-order valence-corrected chi connectivity index (χ4v) is 4.99. The maximum Gasteiger partial charge on any atom is 0.410 e. The molecule has 38 heavy (non-hydrogen) atoms. The van der Waals surface area contributed by atoms with Gasteiger partial charge < -0.3 is 29.0 Å². The van der Waals surface area contributed by atoms with Gasteiger partial charge in [-0.3, -0.25) is 4.79 Å². The Bertz CT molecular complexity index is 1370. The third-order valence-corrected chi connectivity index (χ3v) is 6.57. The summed E-state index contributed by atoms with van der Waals surface area (Å²) in [6.45, 7) is 12.1. The summed E-state index contributed by atoms with van der Waals surface area (Å²) in [6.07, 6.45) is 4.41. The van der Waals surface area contributed by atoms with Crippen molar-refractivity contribution in [2.45, 2.75) is 40.2 Å². The van der Waals surface area contributed by atoms with Gasteiger partial charge in [-0.2, -0.15) is 4.98 Å². The lowest BCUT2D eigenvalue weighted by Gasteiger charge is -2.26. The molecule has 3 aromatic rings. The van der Waals surface area contributed by atoms with Gasteiger partial charge in [0.25, 0.3) is 5.91 Å². The zero-order valence-corrected chi connectivity index (χ0v) is 22.2. The first-order valence-corrected chi connectivity index (χ1v) is 12.7. The van der Waals surface area contributed by atoms with E-state index < -0.39 is 17.3 Å². The lowest BCUT2D eigenvalue weighted by molar-refractivity contribution is 0.0282. The van der Waals surface area contributed by atoms with Crippen molar-refractivity contribution in [2.75, 3.05) is 43.0 Å². The van der Waals surface area contributed by atoms with Gasteiger partial charge in [-0.1, -0.05) is 0 Å². The summed E-state index contributed by atoms with van der Waals surface area (Å²) in [5, 5.41) is 2.70. The van der Waals surface area contributed by atoms with Crippen LogP contribution in [0, 0.1) is 24.6 Å². The predicted octanol–water partition coefficient (Wildman–Crippen LogP) is 3.53. The number of halogens is 1. The van der Waals surface area contributed by atoms with Crippen LogP contribution in [0.15, 0.2) is 24.7 Å². The first-order chi connectivity index (χ1) is 18.0. The van der Waals surface area contributed by atoms with Crippen LogP contribution in [0.5, 0.6) is 5.88 Å². The van der Waals surface area contributed by atoms with Crippen molar-refractivity contribution in [3.63, 3.8) is 0 Å². The number of pyridine rings is 1. The number of imidazole rings is 1. The van der Waals surface area contributed by atoms with Crippen molar-refractivity contribution in [2.24, 2.45) is 11.8 Å². The summed E-state index contributed by atoms with van der Waals surface area (Å²) in [4.78, 5) is 42.5. The van der Waals surface area contributed by atoms with Crippen LogP contribution in [0.25, 0.3) is 5.65 Å². The number of carbonyl (C=O) groups excluding carboxylic acids is 2. The number of carbonyl (C=O) groups is 2. The molecule has 0 bridgehead atoms. The van der Waals surface area contributed by atoms with Gasteiger partial charge >= 0.3 is 6.09 Å². The Hall–Kier alpha value is -3.96. The Balaban J connectivity index is 1.28. The molecule has 2 aliphatic rings. The van der Waals surface area contributed by atoms with Crippen LogP contribution in [0.4, 0.5) is 20.8 Å². The molecule has 12 heteroatoms. The molecule has 0 radical (unpaired) electrons. The van der Waals surface area contributed by atoms with E-state index in [-0.39, 0.29) is 40.7 Å². The average molecular weight is 526 g/mol. The highest BCUT2D eigenvalue weighted by Gasteiger charge is 2.43. The van der Waals surface area contributed by atoms with E-state index >= 15 is 0 Å². The summed E-state index contributed by atoms with van der Waals surface area (Å²) in [7, 11) is 0. The van der Waals surface area contributed by atoms with E-state index in [9.17, 15) is 14.0 Å². The van der Waals surface area contributed by atoms with Gasteiger partial charge in [-0.05, 0) is 34.6 Å². The van der Waals surface area contributed by atoms with Crippen LogP contribution in [-0.2, 0) is 4.74 Å². The molecule has 0 saturated carbocycles. The van der Waals surface area contributed by atoms with Crippen molar-refractivity contribution in [1.82, 2.24) is 24.3 Å². The minimum Gasteiger partial charge on any atom is -0.477 e. The number of hydrogen-bond acceptors (Lipinski definition) is 8. The number of aromatic nitrogens is 4. The molecule has 2 fully saturated rings. The fourth-order valence-electron chi connectivity index (χ4n) is 4.99. The van der Waals surface area contributed by atoms with E-state index in [1.165, 1.54) is 16.7 Å². The van der Waals surface area contributed by atoms with E-state index in [0.29, 0.717) is 44.4 Å². The van der Waals surface area contributed by atoms with Gasteiger partial charge in [0, 0.05) is 62.7 Å². The lowest BCUT2D eigenvalue weighted by atomic mass is 10.0. The monoisotopic (exact) mass is 525 g/mol. The quantitative estimate of drug-likeness (QED) is 0.538. The molecule has 0 aromatic carbocycles. The number of anilines is 2. The number of amides is 2. The molecule has 2 unspecified atom stereocenters. The molecule has 202 valence electrons. The van der Waals surface area contributed by atoms with Crippen molar-refractivity contribution in [3.8, 4) is 5.88 Å². The van der Waals surface area contributed by atoms with Crippen LogP contribution in [0.2, 0.25) is 0 Å². The normalized spacial score (nSPS) is 19.1. The number of aryl methyl sites for hydroxylation is 1. The van der Waals surface area contributed by atoms with Crippen LogP contribution in [-0.4, -0.2) is 74.6 Å². The molecule has 5 heterocycles. The summed E-state index contributed by atoms with van der Waals surface area (Å²) in [5.74, 6) is 0.119. The number of nitrogens with one attached hydrogen (secondary N) is 1. The molecule has 5 rings (SSSR count). The molecule has 1 N–H and O–H groups in total. The number of nitrogens with zero attached hydrogens (tertiary/aromatic N) is 6. The average Bonchev–Trinajstić information content (AvgIpc) is 3.51.